The van der Waals surface area contributed by atoms with Gasteiger partial charge in [-0.05, 0) is 62.3 Å². The topological polar surface area (TPSA) is 135 Å². The second-order valence-electron chi connectivity index (χ2n) is 13.8. The fourth-order valence-electron chi connectivity index (χ4n) is 8.16. The molecule has 0 aromatic heterocycles. The first-order chi connectivity index (χ1) is 24.6. The van der Waals surface area contributed by atoms with Gasteiger partial charge in [0.2, 0.25) is 11.8 Å². The van der Waals surface area contributed by atoms with Gasteiger partial charge in [-0.25, -0.2) is 0 Å². The van der Waals surface area contributed by atoms with E-state index in [0.29, 0.717) is 36.9 Å². The molecule has 1 spiro atoms. The second-order valence-corrected chi connectivity index (χ2v) is 13.8. The zero-order chi connectivity index (χ0) is 36.9. The Kier molecular flexibility index (Phi) is 12.2. The van der Waals surface area contributed by atoms with Crippen molar-refractivity contribution in [2.45, 2.75) is 88.8 Å². The predicted molar refractivity (Wildman–Crippen MR) is 193 cm³/mol. The quantitative estimate of drug-likeness (QED) is 0.184. The summed E-state index contributed by atoms with van der Waals surface area (Å²) in [6, 6.07) is 12.4. The van der Waals surface area contributed by atoms with Crippen LogP contribution in [0.4, 0.5) is 5.69 Å². The highest BCUT2D eigenvalue weighted by Gasteiger charge is 2.75. The number of aryl methyl sites for hydroxylation is 2. The molecule has 0 radical (unpaired) electrons. The van der Waals surface area contributed by atoms with Gasteiger partial charge in [0, 0.05) is 25.8 Å². The van der Waals surface area contributed by atoms with Crippen LogP contribution in [-0.2, 0) is 33.4 Å². The molecule has 3 fully saturated rings. The van der Waals surface area contributed by atoms with Gasteiger partial charge in [0.1, 0.15) is 17.7 Å². The molecule has 8 atom stereocenters. The van der Waals surface area contributed by atoms with Crippen LogP contribution >= 0.6 is 0 Å². The summed E-state index contributed by atoms with van der Waals surface area (Å²) in [5.41, 5.74) is 1.87. The van der Waals surface area contributed by atoms with Crippen LogP contribution in [0.15, 0.2) is 73.8 Å². The fraction of sp³-hybridized carbons (Fsp3) is 0.500. The summed E-state index contributed by atoms with van der Waals surface area (Å²) in [5, 5.41) is 13.5. The van der Waals surface area contributed by atoms with E-state index in [2.05, 4.69) is 18.5 Å². The predicted octanol–water partition coefficient (Wildman–Crippen LogP) is 4.35. The fourth-order valence-corrected chi connectivity index (χ4v) is 8.16. The molecule has 2 aromatic carbocycles. The molecule has 2 N–H and O–H groups in total. The minimum atomic E-state index is -1.31. The van der Waals surface area contributed by atoms with Gasteiger partial charge in [-0.1, -0.05) is 61.5 Å². The molecule has 3 aliphatic rings. The van der Waals surface area contributed by atoms with Crippen molar-refractivity contribution in [1.82, 2.24) is 10.2 Å². The zero-order valence-corrected chi connectivity index (χ0v) is 30.1. The third kappa shape index (κ3) is 7.24. The van der Waals surface area contributed by atoms with Gasteiger partial charge in [-0.3, -0.25) is 19.2 Å². The van der Waals surface area contributed by atoms with Gasteiger partial charge in [-0.15, -0.1) is 13.2 Å². The largest absolute Gasteiger partial charge is 0.455 e. The lowest BCUT2D eigenvalue weighted by atomic mass is 9.70. The normalized spacial score (nSPS) is 25.1. The number of nitrogens with zero attached hydrogens (tertiary/aromatic N) is 2. The number of benzene rings is 2. The second kappa shape index (κ2) is 16.4. The smallest absolute Gasteiger partial charge is 0.313 e. The van der Waals surface area contributed by atoms with Crippen LogP contribution in [0, 0.1) is 25.7 Å². The van der Waals surface area contributed by atoms with Gasteiger partial charge in [-0.2, -0.15) is 0 Å². The number of hydrogen-bond donors (Lipinski definition) is 2. The lowest BCUT2D eigenvalue weighted by molar-refractivity contribution is -0.163. The Morgan fingerprint density at radius 2 is 1.90 bits per heavy atom. The van der Waals surface area contributed by atoms with E-state index in [-0.39, 0.29) is 38.0 Å². The number of hydrogen-bond acceptors (Lipinski definition) is 8. The maximum absolute atomic E-state index is 14.9. The number of aliphatic hydroxyl groups is 1. The third-order valence-corrected chi connectivity index (χ3v) is 10.6. The first-order valence-corrected chi connectivity index (χ1v) is 17.8. The van der Waals surface area contributed by atoms with E-state index in [0.717, 1.165) is 11.1 Å². The third-order valence-electron chi connectivity index (χ3n) is 10.6. The molecule has 3 aliphatic heterocycles. The zero-order valence-electron chi connectivity index (χ0n) is 30.1. The summed E-state index contributed by atoms with van der Waals surface area (Å²) >= 11 is 0. The first kappa shape index (κ1) is 37.9. The summed E-state index contributed by atoms with van der Waals surface area (Å²) in [7, 11) is 1.50. The van der Waals surface area contributed by atoms with Gasteiger partial charge in [0.15, 0.2) is 0 Å². The first-order valence-electron chi connectivity index (χ1n) is 17.8. The van der Waals surface area contributed by atoms with Crippen LogP contribution in [0.25, 0.3) is 0 Å². The van der Waals surface area contributed by atoms with E-state index < -0.39 is 59.6 Å². The molecular weight excluding hydrogens is 650 g/mol. The highest BCUT2D eigenvalue weighted by Crippen LogP contribution is 2.59. The molecular formula is C40H51N3O8. The van der Waals surface area contributed by atoms with Crippen molar-refractivity contribution < 1.29 is 38.5 Å². The molecule has 5 rings (SSSR count). The monoisotopic (exact) mass is 701 g/mol. The minimum absolute atomic E-state index is 0.0557. The number of allylic oxidation sites excluding steroid dienone is 1. The minimum Gasteiger partial charge on any atom is -0.455 e. The van der Waals surface area contributed by atoms with Crippen LogP contribution in [0.5, 0.6) is 0 Å². The van der Waals surface area contributed by atoms with E-state index in [9.17, 15) is 24.3 Å². The van der Waals surface area contributed by atoms with E-state index in [4.69, 9.17) is 14.2 Å². The summed E-state index contributed by atoms with van der Waals surface area (Å²) in [4.78, 5) is 60.1. The molecule has 11 nitrogen and oxygen atoms in total. The van der Waals surface area contributed by atoms with Crippen LogP contribution in [0.1, 0.15) is 61.8 Å². The summed E-state index contributed by atoms with van der Waals surface area (Å²) in [6.07, 6.45) is 3.59. The molecule has 274 valence electrons. The van der Waals surface area contributed by atoms with Crippen LogP contribution in [0.2, 0.25) is 0 Å². The summed E-state index contributed by atoms with van der Waals surface area (Å²) in [5.74, 6) is -3.70. The SMILES string of the molecule is C=CCCC(=O)N[C@@H](COC)[C@@H](OC(=O)[C@@H]1[C@@H]2CC[C@]3(O2)[C@H](C(=O)N(CC=C)c2cc(C)ccc2C)N([C@@H](CC)CO)C(=O)[C@@H]13)c1ccccc1. The number of amides is 3. The van der Waals surface area contributed by atoms with Crippen molar-refractivity contribution in [2.24, 2.45) is 11.8 Å². The van der Waals surface area contributed by atoms with Crippen molar-refractivity contribution in [2.75, 3.05) is 31.8 Å². The van der Waals surface area contributed by atoms with Crippen molar-refractivity contribution in [3.8, 4) is 0 Å². The lowest BCUT2D eigenvalue weighted by Gasteiger charge is -2.39. The number of carbonyl (C=O) groups is 4. The molecule has 3 heterocycles. The summed E-state index contributed by atoms with van der Waals surface area (Å²) in [6.45, 7) is 13.2. The number of carbonyl (C=O) groups excluding carboxylic acids is 4. The van der Waals surface area contributed by atoms with Crippen molar-refractivity contribution in [3.63, 3.8) is 0 Å². The van der Waals surface area contributed by atoms with Gasteiger partial charge in [0.25, 0.3) is 5.91 Å². The Balaban J connectivity index is 1.53. The molecule has 0 unspecified atom stereocenters. The average Bonchev–Trinajstić information content (AvgIpc) is 3.78. The highest BCUT2D eigenvalue weighted by molar-refractivity contribution is 6.05. The Labute approximate surface area is 300 Å². The highest BCUT2D eigenvalue weighted by atomic mass is 16.6. The Bertz CT molecular complexity index is 1610. The van der Waals surface area contributed by atoms with Gasteiger partial charge < -0.3 is 34.4 Å². The molecule has 51 heavy (non-hydrogen) atoms. The van der Waals surface area contributed by atoms with Crippen molar-refractivity contribution in [1.29, 1.82) is 0 Å². The van der Waals surface area contributed by atoms with E-state index in [1.807, 2.05) is 57.2 Å². The van der Waals surface area contributed by atoms with Gasteiger partial charge >= 0.3 is 5.97 Å². The number of ether oxygens (including phenoxy) is 3. The molecule has 2 bridgehead atoms. The number of rotatable bonds is 17. The standard InChI is InChI=1S/C40H51N3O8/c1-7-10-16-32(45)41-29(24-49-6)35(27-14-12-11-13-15-27)50-39(48)33-31-19-20-40(51-31)34(33)37(46)43(28(9-3)23-44)36(40)38(47)42(21-8-2)30-22-25(4)17-18-26(30)5/h7-8,11-15,17-18,22,28-29,31,33-36,44H,1-2,9-10,16,19-21,23-24H2,3-6H3,(H,41,45)/t28-,29-,31-,33+,34+,35-,36-,40+/m0/s1. The Morgan fingerprint density at radius 1 is 1.16 bits per heavy atom. The number of aliphatic hydroxyl groups excluding tert-OH is 1. The van der Waals surface area contributed by atoms with Crippen molar-refractivity contribution in [3.05, 3.63) is 90.5 Å². The molecule has 0 saturated carbocycles. The number of esters is 1. The van der Waals surface area contributed by atoms with Crippen LogP contribution in [-0.4, -0.2) is 90.4 Å². The maximum atomic E-state index is 14.9. The van der Waals surface area contributed by atoms with E-state index in [1.54, 1.807) is 29.2 Å². The average molecular weight is 702 g/mol. The van der Waals surface area contributed by atoms with Crippen LogP contribution in [0.3, 0.4) is 0 Å². The van der Waals surface area contributed by atoms with E-state index >= 15 is 0 Å². The van der Waals surface area contributed by atoms with Gasteiger partial charge in [0.05, 0.1) is 43.2 Å². The number of likely N-dealkylation sites (tertiary alicyclic amines) is 1. The number of fused-ring (bicyclic) bond motifs is 1. The van der Waals surface area contributed by atoms with E-state index in [1.165, 1.54) is 12.0 Å². The maximum Gasteiger partial charge on any atom is 0.313 e. The molecule has 0 aliphatic carbocycles. The summed E-state index contributed by atoms with van der Waals surface area (Å²) < 4.78 is 18.5. The molecule has 2 aromatic rings. The lowest BCUT2D eigenvalue weighted by Crippen LogP contribution is -2.59. The van der Waals surface area contributed by atoms with Crippen LogP contribution < -0.4 is 10.2 Å². The number of anilines is 1. The van der Waals surface area contributed by atoms with Crippen molar-refractivity contribution >= 4 is 29.4 Å². The molecule has 3 amide bonds. The number of nitrogens with one attached hydrogen (secondary N) is 1. The number of methoxy groups -OCH3 is 1. The Morgan fingerprint density at radius 3 is 2.55 bits per heavy atom. The molecule has 11 heteroatoms. The molecule has 3 saturated heterocycles. The Hall–Kier alpha value is -4.32.